The van der Waals surface area contributed by atoms with Crippen molar-refractivity contribution in [3.8, 4) is 5.75 Å². The van der Waals surface area contributed by atoms with Crippen molar-refractivity contribution in [3.05, 3.63) is 29.8 Å². The number of carbonyl (C=O) groups excluding carboxylic acids is 1. The fourth-order valence-electron chi connectivity index (χ4n) is 2.72. The van der Waals surface area contributed by atoms with Gasteiger partial charge in [0.15, 0.2) is 0 Å². The first kappa shape index (κ1) is 17.8. The monoisotopic (exact) mass is 320 g/mol. The zero-order chi connectivity index (χ0) is 16.5. The van der Waals surface area contributed by atoms with Crippen molar-refractivity contribution in [2.75, 3.05) is 32.8 Å². The Balaban J connectivity index is 1.63. The van der Waals surface area contributed by atoms with Crippen molar-refractivity contribution in [2.45, 2.75) is 38.7 Å². The third-order valence-corrected chi connectivity index (χ3v) is 4.07. The highest BCUT2D eigenvalue weighted by Crippen LogP contribution is 2.16. The van der Waals surface area contributed by atoms with E-state index in [0.29, 0.717) is 19.6 Å². The molecular formula is C18H28N2O3. The lowest BCUT2D eigenvalue weighted by atomic mass is 10.1. The third kappa shape index (κ3) is 6.20. The van der Waals surface area contributed by atoms with Crippen LogP contribution in [0.15, 0.2) is 24.3 Å². The molecule has 1 aromatic rings. The summed E-state index contributed by atoms with van der Waals surface area (Å²) in [6.45, 7) is 5.39. The van der Waals surface area contributed by atoms with Gasteiger partial charge in [0.1, 0.15) is 5.75 Å². The van der Waals surface area contributed by atoms with E-state index in [0.717, 1.165) is 50.3 Å². The molecule has 1 amide bonds. The van der Waals surface area contributed by atoms with Gasteiger partial charge in [0.05, 0.1) is 19.1 Å². The first-order chi connectivity index (χ1) is 11.2. The van der Waals surface area contributed by atoms with Crippen molar-refractivity contribution < 1.29 is 14.3 Å². The van der Waals surface area contributed by atoms with E-state index in [1.807, 2.05) is 36.1 Å². The van der Waals surface area contributed by atoms with E-state index in [4.69, 9.17) is 15.2 Å². The smallest absolute Gasteiger partial charge is 0.226 e. The second kappa shape index (κ2) is 9.53. The molecule has 0 unspecified atom stereocenters. The van der Waals surface area contributed by atoms with Crippen LogP contribution in [0, 0.1) is 6.92 Å². The molecule has 1 aliphatic heterocycles. The fourth-order valence-corrected chi connectivity index (χ4v) is 2.72. The van der Waals surface area contributed by atoms with E-state index < -0.39 is 0 Å². The van der Waals surface area contributed by atoms with Crippen LogP contribution >= 0.6 is 0 Å². The van der Waals surface area contributed by atoms with Gasteiger partial charge < -0.3 is 20.1 Å². The number of aryl methyl sites for hydroxylation is 1. The first-order valence-electron chi connectivity index (χ1n) is 8.48. The standard InChI is InChI=1S/C18H28N2O3/c1-15-4-2-5-17(14-15)23-13-8-18(21)20-10-6-16(7-11-20)22-12-3-9-19/h2,4-5,14,16H,3,6-13,19H2,1H3. The molecule has 0 radical (unpaired) electrons. The highest BCUT2D eigenvalue weighted by Gasteiger charge is 2.22. The maximum atomic E-state index is 12.2. The van der Waals surface area contributed by atoms with Gasteiger partial charge in [-0.3, -0.25) is 4.79 Å². The summed E-state index contributed by atoms with van der Waals surface area (Å²) in [5.74, 6) is 0.989. The van der Waals surface area contributed by atoms with Crippen molar-refractivity contribution in [3.63, 3.8) is 0 Å². The summed E-state index contributed by atoms with van der Waals surface area (Å²) in [6, 6.07) is 7.88. The molecular weight excluding hydrogens is 292 g/mol. The number of hydrogen-bond donors (Lipinski definition) is 1. The summed E-state index contributed by atoms with van der Waals surface area (Å²) in [7, 11) is 0. The Morgan fingerprint density at radius 1 is 1.30 bits per heavy atom. The Bertz CT molecular complexity index is 485. The molecule has 0 aliphatic carbocycles. The van der Waals surface area contributed by atoms with Crippen LogP contribution in [0.1, 0.15) is 31.2 Å². The molecule has 0 spiro atoms. The molecule has 1 aliphatic rings. The van der Waals surface area contributed by atoms with Crippen molar-refractivity contribution in [2.24, 2.45) is 5.73 Å². The van der Waals surface area contributed by atoms with Crippen molar-refractivity contribution >= 4 is 5.91 Å². The Labute approximate surface area is 138 Å². The number of carbonyl (C=O) groups is 1. The summed E-state index contributed by atoms with van der Waals surface area (Å²) < 4.78 is 11.4. The van der Waals surface area contributed by atoms with Crippen LogP contribution in [0.4, 0.5) is 0 Å². The van der Waals surface area contributed by atoms with Crippen LogP contribution in [-0.2, 0) is 9.53 Å². The zero-order valence-corrected chi connectivity index (χ0v) is 14.0. The molecule has 0 atom stereocenters. The number of nitrogens with two attached hydrogens (primary N) is 1. The van der Waals surface area contributed by atoms with Gasteiger partial charge in [-0.05, 0) is 50.4 Å². The summed E-state index contributed by atoms with van der Waals surface area (Å²) in [5, 5.41) is 0. The number of amides is 1. The van der Waals surface area contributed by atoms with Crippen LogP contribution in [0.3, 0.4) is 0 Å². The van der Waals surface area contributed by atoms with Crippen LogP contribution in [0.2, 0.25) is 0 Å². The summed E-state index contributed by atoms with van der Waals surface area (Å²) in [6.07, 6.45) is 3.42. The normalized spacial score (nSPS) is 15.7. The Morgan fingerprint density at radius 3 is 2.78 bits per heavy atom. The Morgan fingerprint density at radius 2 is 2.09 bits per heavy atom. The van der Waals surface area contributed by atoms with Gasteiger partial charge in [0, 0.05) is 19.7 Å². The summed E-state index contributed by atoms with van der Waals surface area (Å²) in [5.41, 5.74) is 6.62. The van der Waals surface area contributed by atoms with Gasteiger partial charge in [-0.2, -0.15) is 0 Å². The lowest BCUT2D eigenvalue weighted by Gasteiger charge is -2.32. The molecule has 2 N–H and O–H groups in total. The number of ether oxygens (including phenoxy) is 2. The highest BCUT2D eigenvalue weighted by molar-refractivity contribution is 5.76. The number of rotatable bonds is 8. The number of benzene rings is 1. The minimum Gasteiger partial charge on any atom is -0.493 e. The number of hydrogen-bond acceptors (Lipinski definition) is 4. The van der Waals surface area contributed by atoms with E-state index in [1.165, 1.54) is 0 Å². The van der Waals surface area contributed by atoms with Gasteiger partial charge in [-0.25, -0.2) is 0 Å². The van der Waals surface area contributed by atoms with Gasteiger partial charge in [-0.15, -0.1) is 0 Å². The van der Waals surface area contributed by atoms with Crippen LogP contribution in [0.5, 0.6) is 5.75 Å². The maximum Gasteiger partial charge on any atom is 0.226 e. The quantitative estimate of drug-likeness (QED) is 0.745. The third-order valence-electron chi connectivity index (χ3n) is 4.07. The van der Waals surface area contributed by atoms with Crippen LogP contribution in [-0.4, -0.2) is 49.8 Å². The zero-order valence-electron chi connectivity index (χ0n) is 14.0. The maximum absolute atomic E-state index is 12.2. The van der Waals surface area contributed by atoms with Crippen molar-refractivity contribution in [1.29, 1.82) is 0 Å². The molecule has 5 heteroatoms. The minimum atomic E-state index is 0.165. The average Bonchev–Trinajstić information content (AvgIpc) is 2.56. The van der Waals surface area contributed by atoms with E-state index in [2.05, 4.69) is 0 Å². The molecule has 1 saturated heterocycles. The van der Waals surface area contributed by atoms with E-state index >= 15 is 0 Å². The predicted molar refractivity (Wildman–Crippen MR) is 90.5 cm³/mol. The predicted octanol–water partition coefficient (Wildman–Crippen LogP) is 2.12. The number of likely N-dealkylation sites (tertiary alicyclic amines) is 1. The second-order valence-electron chi connectivity index (χ2n) is 6.01. The summed E-state index contributed by atoms with van der Waals surface area (Å²) >= 11 is 0. The van der Waals surface area contributed by atoms with Gasteiger partial charge in [-0.1, -0.05) is 12.1 Å². The molecule has 2 rings (SSSR count). The van der Waals surface area contributed by atoms with E-state index in [1.54, 1.807) is 0 Å². The van der Waals surface area contributed by atoms with Crippen LogP contribution < -0.4 is 10.5 Å². The number of piperidine rings is 1. The first-order valence-corrected chi connectivity index (χ1v) is 8.48. The molecule has 0 aromatic heterocycles. The second-order valence-corrected chi connectivity index (χ2v) is 6.01. The van der Waals surface area contributed by atoms with Gasteiger partial charge >= 0.3 is 0 Å². The average molecular weight is 320 g/mol. The molecule has 1 aromatic carbocycles. The largest absolute Gasteiger partial charge is 0.493 e. The van der Waals surface area contributed by atoms with Crippen molar-refractivity contribution in [1.82, 2.24) is 4.90 Å². The molecule has 1 heterocycles. The highest BCUT2D eigenvalue weighted by atomic mass is 16.5. The Kier molecular flexibility index (Phi) is 7.36. The van der Waals surface area contributed by atoms with E-state index in [-0.39, 0.29) is 12.0 Å². The fraction of sp³-hybridized carbons (Fsp3) is 0.611. The lowest BCUT2D eigenvalue weighted by molar-refractivity contribution is -0.134. The molecule has 23 heavy (non-hydrogen) atoms. The summed E-state index contributed by atoms with van der Waals surface area (Å²) in [4.78, 5) is 14.1. The molecule has 0 saturated carbocycles. The number of nitrogens with zero attached hydrogens (tertiary/aromatic N) is 1. The minimum absolute atomic E-state index is 0.165. The lowest BCUT2D eigenvalue weighted by Crippen LogP contribution is -2.41. The van der Waals surface area contributed by atoms with Crippen LogP contribution in [0.25, 0.3) is 0 Å². The molecule has 0 bridgehead atoms. The molecule has 128 valence electrons. The SMILES string of the molecule is Cc1cccc(OCCC(=O)N2CCC(OCCCN)CC2)c1. The van der Waals surface area contributed by atoms with Gasteiger partial charge in [0.25, 0.3) is 0 Å². The van der Waals surface area contributed by atoms with Gasteiger partial charge in [0.2, 0.25) is 5.91 Å². The molecule has 1 fully saturated rings. The molecule has 5 nitrogen and oxygen atoms in total. The Hall–Kier alpha value is -1.59. The van der Waals surface area contributed by atoms with E-state index in [9.17, 15) is 4.79 Å². The topological polar surface area (TPSA) is 64.8 Å².